The maximum absolute atomic E-state index is 13.4. The van der Waals surface area contributed by atoms with Crippen molar-refractivity contribution < 1.29 is 9.47 Å². The van der Waals surface area contributed by atoms with Crippen LogP contribution in [0.25, 0.3) is 22.3 Å². The number of allylic oxidation sites excluding steroid dienone is 1. The summed E-state index contributed by atoms with van der Waals surface area (Å²) in [6.07, 6.45) is 9.33. The highest BCUT2D eigenvalue weighted by atomic mass is 16.5. The summed E-state index contributed by atoms with van der Waals surface area (Å²) in [6.45, 7) is 6.30. The zero-order chi connectivity index (χ0) is 24.6. The Morgan fingerprint density at radius 3 is 2.63 bits per heavy atom. The summed E-state index contributed by atoms with van der Waals surface area (Å²) in [5.74, 6) is 4.07. The highest BCUT2D eigenvalue weighted by Crippen LogP contribution is 2.33. The summed E-state index contributed by atoms with van der Waals surface area (Å²) >= 11 is 0. The lowest BCUT2D eigenvalue weighted by atomic mass is 10.1. The molecule has 0 aliphatic carbocycles. The molecule has 1 aromatic heterocycles. The van der Waals surface area contributed by atoms with E-state index in [9.17, 15) is 4.79 Å². The third kappa shape index (κ3) is 5.15. The molecule has 35 heavy (non-hydrogen) atoms. The average molecular weight is 464 g/mol. The lowest BCUT2D eigenvalue weighted by Gasteiger charge is -2.15. The second-order valence-corrected chi connectivity index (χ2v) is 7.61. The van der Waals surface area contributed by atoms with E-state index >= 15 is 0 Å². The number of fused-ring (bicyclic) bond motifs is 1. The Morgan fingerprint density at radius 1 is 1.11 bits per heavy atom. The predicted molar refractivity (Wildman–Crippen MR) is 140 cm³/mol. The van der Waals surface area contributed by atoms with Crippen molar-refractivity contribution >= 4 is 17.1 Å². The van der Waals surface area contributed by atoms with Gasteiger partial charge in [0.1, 0.15) is 6.61 Å². The van der Waals surface area contributed by atoms with Crippen LogP contribution in [0.5, 0.6) is 11.5 Å². The van der Waals surface area contributed by atoms with Crippen LogP contribution < -0.4 is 15.0 Å². The van der Waals surface area contributed by atoms with E-state index in [1.165, 1.54) is 4.68 Å². The summed E-state index contributed by atoms with van der Waals surface area (Å²) < 4.78 is 12.9. The summed E-state index contributed by atoms with van der Waals surface area (Å²) in [7, 11) is 0. The van der Waals surface area contributed by atoms with Crippen molar-refractivity contribution in [2.75, 3.05) is 13.2 Å². The van der Waals surface area contributed by atoms with Gasteiger partial charge in [-0.15, -0.1) is 13.0 Å². The first-order valence-electron chi connectivity index (χ1n) is 11.2. The van der Waals surface area contributed by atoms with Crippen LogP contribution in [-0.2, 0) is 6.42 Å². The molecule has 174 valence electrons. The van der Waals surface area contributed by atoms with Crippen molar-refractivity contribution in [1.29, 1.82) is 0 Å². The van der Waals surface area contributed by atoms with E-state index in [4.69, 9.17) is 20.9 Å². The van der Waals surface area contributed by atoms with E-state index in [1.807, 2.05) is 67.6 Å². The highest BCUT2D eigenvalue weighted by molar-refractivity contribution is 5.83. The average Bonchev–Trinajstić information content (AvgIpc) is 2.88. The van der Waals surface area contributed by atoms with Gasteiger partial charge in [0, 0.05) is 11.1 Å². The fourth-order valence-corrected chi connectivity index (χ4v) is 3.73. The second kappa shape index (κ2) is 11.0. The molecule has 0 fully saturated rings. The van der Waals surface area contributed by atoms with Crippen LogP contribution >= 0.6 is 0 Å². The summed E-state index contributed by atoms with van der Waals surface area (Å²) in [5, 5.41) is 5.05. The van der Waals surface area contributed by atoms with Crippen molar-refractivity contribution in [2.45, 2.75) is 13.3 Å². The Labute approximate surface area is 204 Å². The van der Waals surface area contributed by atoms with Gasteiger partial charge in [0.25, 0.3) is 5.56 Å². The van der Waals surface area contributed by atoms with Gasteiger partial charge in [-0.1, -0.05) is 54.5 Å². The SMILES string of the molecule is C#CCOc1c(CC=C)cc(C=Nn2c(-c3ccccc3)nc3ccccc3c2=O)cc1OCC. The number of ether oxygens (including phenoxy) is 2. The van der Waals surface area contributed by atoms with E-state index < -0.39 is 0 Å². The van der Waals surface area contributed by atoms with E-state index in [0.29, 0.717) is 41.3 Å². The first-order valence-corrected chi connectivity index (χ1v) is 11.2. The minimum Gasteiger partial charge on any atom is -0.490 e. The van der Waals surface area contributed by atoms with E-state index in [1.54, 1.807) is 18.4 Å². The van der Waals surface area contributed by atoms with E-state index in [2.05, 4.69) is 17.6 Å². The number of aromatic nitrogens is 2. The Kier molecular flexibility index (Phi) is 7.39. The molecule has 0 aliphatic heterocycles. The fraction of sp³-hybridized carbons (Fsp3) is 0.138. The number of benzene rings is 3. The lowest BCUT2D eigenvalue weighted by Crippen LogP contribution is -2.20. The molecule has 0 aliphatic rings. The molecule has 0 spiro atoms. The second-order valence-electron chi connectivity index (χ2n) is 7.61. The van der Waals surface area contributed by atoms with Crippen LogP contribution in [-0.4, -0.2) is 29.1 Å². The lowest BCUT2D eigenvalue weighted by molar-refractivity contribution is 0.297. The highest BCUT2D eigenvalue weighted by Gasteiger charge is 2.14. The monoisotopic (exact) mass is 463 g/mol. The minimum absolute atomic E-state index is 0.121. The van der Waals surface area contributed by atoms with Gasteiger partial charge in [0.15, 0.2) is 17.3 Å². The molecular weight excluding hydrogens is 438 g/mol. The van der Waals surface area contributed by atoms with Crippen LogP contribution in [0.3, 0.4) is 0 Å². The van der Waals surface area contributed by atoms with Crippen molar-refractivity contribution in [3.05, 3.63) is 101 Å². The van der Waals surface area contributed by atoms with Gasteiger partial charge in [-0.05, 0) is 43.2 Å². The molecule has 1 heterocycles. The van der Waals surface area contributed by atoms with Gasteiger partial charge in [0.2, 0.25) is 0 Å². The van der Waals surface area contributed by atoms with Crippen LogP contribution in [0, 0.1) is 12.3 Å². The molecule has 0 saturated heterocycles. The predicted octanol–water partition coefficient (Wildman–Crippen LogP) is 5.08. The number of terminal acetylenes is 1. The Balaban J connectivity index is 1.86. The first-order chi connectivity index (χ1) is 17.2. The van der Waals surface area contributed by atoms with Crippen LogP contribution in [0.4, 0.5) is 0 Å². The molecule has 0 atom stereocenters. The number of para-hydroxylation sites is 1. The van der Waals surface area contributed by atoms with Crippen LogP contribution in [0.1, 0.15) is 18.1 Å². The number of nitrogens with zero attached hydrogens (tertiary/aromatic N) is 3. The molecule has 4 rings (SSSR count). The Morgan fingerprint density at radius 2 is 1.89 bits per heavy atom. The molecule has 0 saturated carbocycles. The Hall–Kier alpha value is -4.63. The molecule has 6 heteroatoms. The number of rotatable bonds is 9. The normalized spacial score (nSPS) is 10.9. The van der Waals surface area contributed by atoms with Crippen molar-refractivity contribution in [2.24, 2.45) is 5.10 Å². The Bertz CT molecular complexity index is 1480. The van der Waals surface area contributed by atoms with Crippen LogP contribution in [0.15, 0.2) is 89.3 Å². The zero-order valence-electron chi connectivity index (χ0n) is 19.5. The number of hydrogen-bond acceptors (Lipinski definition) is 5. The van der Waals surface area contributed by atoms with Crippen molar-refractivity contribution in [3.8, 4) is 35.2 Å². The fourth-order valence-electron chi connectivity index (χ4n) is 3.73. The summed E-state index contributed by atoms with van der Waals surface area (Å²) in [4.78, 5) is 18.1. The molecule has 6 nitrogen and oxygen atoms in total. The summed E-state index contributed by atoms with van der Waals surface area (Å²) in [5.41, 5.74) is 2.74. The van der Waals surface area contributed by atoms with Gasteiger partial charge < -0.3 is 9.47 Å². The van der Waals surface area contributed by atoms with E-state index in [-0.39, 0.29) is 12.2 Å². The van der Waals surface area contributed by atoms with Gasteiger partial charge in [0.05, 0.1) is 23.7 Å². The summed E-state index contributed by atoms with van der Waals surface area (Å²) in [6, 6.07) is 20.5. The molecule has 4 aromatic rings. The number of hydrogen-bond donors (Lipinski definition) is 0. The van der Waals surface area contributed by atoms with Gasteiger partial charge >= 0.3 is 0 Å². The largest absolute Gasteiger partial charge is 0.490 e. The maximum atomic E-state index is 13.4. The van der Waals surface area contributed by atoms with Gasteiger partial charge in [-0.25, -0.2) is 4.98 Å². The third-order valence-corrected chi connectivity index (χ3v) is 5.23. The molecule has 3 aromatic carbocycles. The van der Waals surface area contributed by atoms with E-state index in [0.717, 1.165) is 16.7 Å². The van der Waals surface area contributed by atoms with Gasteiger partial charge in [-0.2, -0.15) is 9.78 Å². The van der Waals surface area contributed by atoms with Crippen LogP contribution in [0.2, 0.25) is 0 Å². The zero-order valence-corrected chi connectivity index (χ0v) is 19.5. The quantitative estimate of drug-likeness (QED) is 0.197. The third-order valence-electron chi connectivity index (χ3n) is 5.23. The first kappa shape index (κ1) is 23.5. The maximum Gasteiger partial charge on any atom is 0.282 e. The standard InChI is InChI=1S/C29H25N3O3/c1-4-12-23-18-21(19-26(34-6-3)27(23)35-17-5-2)20-30-32-28(22-13-8-7-9-14-22)31-25-16-11-10-15-24(25)29(32)33/h2,4,7-11,13-16,18-20H,1,6,12,17H2,3H3. The molecule has 0 N–H and O–H groups in total. The van der Waals surface area contributed by atoms with Crippen molar-refractivity contribution in [3.63, 3.8) is 0 Å². The molecule has 0 bridgehead atoms. The molecule has 0 unspecified atom stereocenters. The smallest absolute Gasteiger partial charge is 0.282 e. The minimum atomic E-state index is -0.254. The molecule has 0 amide bonds. The molecule has 0 radical (unpaired) electrons. The molecular formula is C29H25N3O3. The topological polar surface area (TPSA) is 65.7 Å². The van der Waals surface area contributed by atoms with Gasteiger partial charge in [-0.3, -0.25) is 4.79 Å². The van der Waals surface area contributed by atoms with Crippen molar-refractivity contribution in [1.82, 2.24) is 9.66 Å².